The van der Waals surface area contributed by atoms with Crippen LogP contribution in [0.5, 0.6) is 6.01 Å². The molecule has 4 aliphatic heterocycles. The number of benzene rings is 2. The molecule has 10 nitrogen and oxygen atoms in total. The molecule has 7 rings (SSSR count). The Kier molecular flexibility index (Phi) is 7.08. The summed E-state index contributed by atoms with van der Waals surface area (Å²) >= 11 is 0. The zero-order valence-electron chi connectivity index (χ0n) is 24.4. The Hall–Kier alpha value is -3.94. The zero-order chi connectivity index (χ0) is 28.8. The Morgan fingerprint density at radius 1 is 1.14 bits per heavy atom. The molecule has 0 aliphatic carbocycles. The third-order valence-electron chi connectivity index (χ3n) is 9.34. The van der Waals surface area contributed by atoms with Gasteiger partial charge in [0.05, 0.1) is 43.5 Å². The first-order valence-electron chi connectivity index (χ1n) is 15.1. The van der Waals surface area contributed by atoms with E-state index in [0.29, 0.717) is 51.4 Å². The van der Waals surface area contributed by atoms with Crippen molar-refractivity contribution in [2.75, 3.05) is 56.3 Å². The Morgan fingerprint density at radius 2 is 1.98 bits per heavy atom. The van der Waals surface area contributed by atoms with Crippen LogP contribution in [0.25, 0.3) is 10.8 Å². The van der Waals surface area contributed by atoms with Crippen molar-refractivity contribution < 1.29 is 9.53 Å². The SMILES string of the molecule is Cc1cccc2cccc(N3CCc4c(nc(OC[C@@H]5CCCN5C)nc4N4C[C@H](CC#N)N(C(=O)[C@H]5CN5)C4)C3)c12. The van der Waals surface area contributed by atoms with Crippen LogP contribution in [0.2, 0.25) is 0 Å². The zero-order valence-corrected chi connectivity index (χ0v) is 24.4. The molecule has 1 aromatic heterocycles. The van der Waals surface area contributed by atoms with Crippen LogP contribution in [0.1, 0.15) is 36.1 Å². The second kappa shape index (κ2) is 11.0. The van der Waals surface area contributed by atoms with E-state index in [-0.39, 0.29) is 18.0 Å². The molecule has 4 aliphatic rings. The molecule has 0 bridgehead atoms. The van der Waals surface area contributed by atoms with Gasteiger partial charge in [-0.25, -0.2) is 0 Å². The quantitative estimate of drug-likeness (QED) is 0.432. The number of aromatic nitrogens is 2. The third kappa shape index (κ3) is 5.01. The van der Waals surface area contributed by atoms with E-state index in [4.69, 9.17) is 14.7 Å². The molecule has 0 radical (unpaired) electrons. The predicted octanol–water partition coefficient (Wildman–Crippen LogP) is 2.83. The van der Waals surface area contributed by atoms with Crippen LogP contribution in [0.3, 0.4) is 0 Å². The highest BCUT2D eigenvalue weighted by Gasteiger charge is 2.42. The Bertz CT molecular complexity index is 1540. The largest absolute Gasteiger partial charge is 0.462 e. The monoisotopic (exact) mass is 566 g/mol. The lowest BCUT2D eigenvalue weighted by molar-refractivity contribution is -0.131. The fourth-order valence-corrected chi connectivity index (χ4v) is 6.88. The summed E-state index contributed by atoms with van der Waals surface area (Å²) in [7, 11) is 2.14. The number of nitrogens with zero attached hydrogens (tertiary/aromatic N) is 7. The lowest BCUT2D eigenvalue weighted by Gasteiger charge is -2.33. The maximum absolute atomic E-state index is 13.1. The van der Waals surface area contributed by atoms with Crippen molar-refractivity contribution in [3.63, 3.8) is 0 Å². The summed E-state index contributed by atoms with van der Waals surface area (Å²) in [5, 5.41) is 15.2. The molecule has 3 atom stereocenters. The van der Waals surface area contributed by atoms with Gasteiger partial charge in [-0.3, -0.25) is 4.79 Å². The first kappa shape index (κ1) is 26.9. The standard InChI is InChI=1S/C32H38N8O2/c1-21-6-3-7-22-8-4-10-28(29(21)22)38-15-12-25-27(18-38)35-32(42-19-24-9-5-14-37(24)2)36-30(25)39-17-23(11-13-33)40(20-39)31(41)26-16-34-26/h3-4,6-8,10,23-24,26,34H,5,9,11-12,14-20H2,1-2H3/t23-,24-,26+/m0/s1. The summed E-state index contributed by atoms with van der Waals surface area (Å²) in [5.74, 6) is 0.907. The second-order valence-corrected chi connectivity index (χ2v) is 12.1. The fourth-order valence-electron chi connectivity index (χ4n) is 6.88. The number of carbonyl (C=O) groups excluding carboxylic acids is 1. The van der Waals surface area contributed by atoms with Gasteiger partial charge < -0.3 is 29.7 Å². The van der Waals surface area contributed by atoms with Gasteiger partial charge >= 0.3 is 6.01 Å². The van der Waals surface area contributed by atoms with Crippen LogP contribution in [0.15, 0.2) is 36.4 Å². The third-order valence-corrected chi connectivity index (χ3v) is 9.34. The molecule has 5 heterocycles. The Morgan fingerprint density at radius 3 is 2.74 bits per heavy atom. The molecule has 10 heteroatoms. The predicted molar refractivity (Wildman–Crippen MR) is 161 cm³/mol. The van der Waals surface area contributed by atoms with E-state index < -0.39 is 0 Å². The molecule has 0 saturated carbocycles. The highest BCUT2D eigenvalue weighted by molar-refractivity contribution is 5.97. The first-order valence-corrected chi connectivity index (χ1v) is 15.1. The summed E-state index contributed by atoms with van der Waals surface area (Å²) in [4.78, 5) is 31.8. The lowest BCUT2D eigenvalue weighted by atomic mass is 10.00. The molecule has 0 unspecified atom stereocenters. The van der Waals surface area contributed by atoms with Crippen molar-refractivity contribution in [3.05, 3.63) is 53.2 Å². The summed E-state index contributed by atoms with van der Waals surface area (Å²) in [6, 6.07) is 15.7. The molecule has 3 fully saturated rings. The summed E-state index contributed by atoms with van der Waals surface area (Å²) in [6.45, 7) is 7.00. The van der Waals surface area contributed by atoms with Gasteiger partial charge in [-0.1, -0.05) is 30.3 Å². The van der Waals surface area contributed by atoms with Crippen LogP contribution < -0.4 is 19.9 Å². The number of carbonyl (C=O) groups is 1. The number of amides is 1. The molecule has 3 saturated heterocycles. The maximum Gasteiger partial charge on any atom is 0.318 e. The van der Waals surface area contributed by atoms with Crippen LogP contribution in [0.4, 0.5) is 11.5 Å². The van der Waals surface area contributed by atoms with E-state index in [2.05, 4.69) is 76.5 Å². The molecule has 1 amide bonds. The van der Waals surface area contributed by atoms with Gasteiger partial charge in [0, 0.05) is 42.3 Å². The number of likely N-dealkylation sites (N-methyl/N-ethyl adjacent to an activating group) is 1. The fraction of sp³-hybridized carbons (Fsp3) is 0.500. The number of fused-ring (bicyclic) bond motifs is 2. The summed E-state index contributed by atoms with van der Waals surface area (Å²) in [5.41, 5.74) is 4.56. The topological polar surface area (TPSA) is 111 Å². The highest BCUT2D eigenvalue weighted by Crippen LogP contribution is 2.36. The minimum Gasteiger partial charge on any atom is -0.462 e. The van der Waals surface area contributed by atoms with Crippen molar-refractivity contribution in [2.24, 2.45) is 0 Å². The molecule has 0 spiro atoms. The molecule has 1 N–H and O–H groups in total. The minimum absolute atomic E-state index is 0.0684. The normalized spacial score (nSPS) is 23.7. The average Bonchev–Trinajstić information content (AvgIpc) is 3.65. The first-order chi connectivity index (χ1) is 20.5. The summed E-state index contributed by atoms with van der Waals surface area (Å²) in [6.07, 6.45) is 3.37. The van der Waals surface area contributed by atoms with Crippen molar-refractivity contribution in [1.29, 1.82) is 5.26 Å². The van der Waals surface area contributed by atoms with Gasteiger partial charge in [0.15, 0.2) is 0 Å². The van der Waals surface area contributed by atoms with Gasteiger partial charge in [0.2, 0.25) is 5.91 Å². The van der Waals surface area contributed by atoms with Crippen LogP contribution in [-0.4, -0.2) is 90.3 Å². The van der Waals surface area contributed by atoms with Crippen LogP contribution in [0, 0.1) is 18.3 Å². The van der Waals surface area contributed by atoms with E-state index >= 15 is 0 Å². The number of ether oxygens (including phenoxy) is 1. The van der Waals surface area contributed by atoms with Crippen LogP contribution in [-0.2, 0) is 17.8 Å². The average molecular weight is 567 g/mol. The molecule has 42 heavy (non-hydrogen) atoms. The Balaban J connectivity index is 1.23. The number of anilines is 2. The summed E-state index contributed by atoms with van der Waals surface area (Å²) < 4.78 is 6.30. The number of nitriles is 1. The number of hydrogen-bond donors (Lipinski definition) is 1. The number of nitrogens with one attached hydrogen (secondary N) is 1. The van der Waals surface area contributed by atoms with Crippen molar-refractivity contribution in [1.82, 2.24) is 25.1 Å². The highest BCUT2D eigenvalue weighted by atomic mass is 16.5. The molecule has 3 aromatic rings. The molecular formula is C32H38N8O2. The van der Waals surface area contributed by atoms with E-state index in [1.807, 2.05) is 4.90 Å². The van der Waals surface area contributed by atoms with Gasteiger partial charge in [0.1, 0.15) is 12.4 Å². The smallest absolute Gasteiger partial charge is 0.318 e. The number of likely N-dealkylation sites (tertiary alicyclic amines) is 1. The molecule has 2 aromatic carbocycles. The van der Waals surface area contributed by atoms with Crippen molar-refractivity contribution in [2.45, 2.75) is 57.3 Å². The van der Waals surface area contributed by atoms with Gasteiger partial charge in [-0.05, 0) is 56.8 Å². The second-order valence-electron chi connectivity index (χ2n) is 12.1. The maximum atomic E-state index is 13.1. The van der Waals surface area contributed by atoms with Gasteiger partial charge in [-0.15, -0.1) is 0 Å². The van der Waals surface area contributed by atoms with E-state index in [0.717, 1.165) is 43.0 Å². The van der Waals surface area contributed by atoms with E-state index in [1.54, 1.807) is 0 Å². The van der Waals surface area contributed by atoms with Gasteiger partial charge in [0.25, 0.3) is 0 Å². The van der Waals surface area contributed by atoms with Crippen LogP contribution >= 0.6 is 0 Å². The van der Waals surface area contributed by atoms with Crippen molar-refractivity contribution >= 4 is 28.2 Å². The Labute approximate surface area is 246 Å². The van der Waals surface area contributed by atoms with E-state index in [9.17, 15) is 10.1 Å². The minimum atomic E-state index is -0.161. The lowest BCUT2D eigenvalue weighted by Crippen LogP contribution is -2.40. The van der Waals surface area contributed by atoms with E-state index in [1.165, 1.54) is 28.4 Å². The number of rotatable bonds is 7. The molecule has 218 valence electrons. The molecular weight excluding hydrogens is 528 g/mol. The number of hydrogen-bond acceptors (Lipinski definition) is 9. The van der Waals surface area contributed by atoms with Gasteiger partial charge in [-0.2, -0.15) is 15.2 Å². The number of aryl methyl sites for hydroxylation is 1. The van der Waals surface area contributed by atoms with Crippen molar-refractivity contribution in [3.8, 4) is 12.1 Å².